The van der Waals surface area contributed by atoms with Crippen molar-refractivity contribution in [1.82, 2.24) is 0 Å². The van der Waals surface area contributed by atoms with E-state index in [1.54, 1.807) is 72.8 Å². The highest BCUT2D eigenvalue weighted by atomic mass is 16.6. The van der Waals surface area contributed by atoms with Crippen LogP contribution in [0.1, 0.15) is 66.4 Å². The summed E-state index contributed by atoms with van der Waals surface area (Å²) in [4.78, 5) is 54.7. The van der Waals surface area contributed by atoms with Crippen LogP contribution in [0.4, 0.5) is 0 Å². The SMILES string of the molecule is CC1(C)c2ccc(cc2)OC(=O)c2c(ccc3ccccc23)C(=O)OC(=O)c2ccc3ccccc3c2C(=O)Oc2ccc1cc2. The second kappa shape index (κ2) is 11.1. The first kappa shape index (κ1) is 28.7. The standard InChI is InChI=1S/C39H26O7/c1-39(2)25-13-17-27(18-14-25)44-37(42)33-29-9-5-3-7-23(29)11-21-31(33)35(40)46-36(41)32-22-12-24-8-4-6-10-30(24)34(32)38(43)45-28-19-15-26(39)16-20-28/h3-22H,1-2H3. The van der Waals surface area contributed by atoms with Gasteiger partial charge >= 0.3 is 23.9 Å². The van der Waals surface area contributed by atoms with Gasteiger partial charge in [0.2, 0.25) is 0 Å². The molecule has 7 nitrogen and oxygen atoms in total. The first-order valence-electron chi connectivity index (χ1n) is 14.7. The monoisotopic (exact) mass is 606 g/mol. The molecule has 0 N–H and O–H groups in total. The van der Waals surface area contributed by atoms with E-state index in [9.17, 15) is 19.2 Å². The molecule has 0 spiro atoms. The van der Waals surface area contributed by atoms with Crippen molar-refractivity contribution < 1.29 is 33.4 Å². The van der Waals surface area contributed by atoms with E-state index in [0.717, 1.165) is 11.1 Å². The molecule has 3 aliphatic heterocycles. The second-order valence-corrected chi connectivity index (χ2v) is 11.5. The molecule has 6 aromatic rings. The summed E-state index contributed by atoms with van der Waals surface area (Å²) in [5, 5.41) is 2.28. The average molecular weight is 607 g/mol. The molecule has 0 saturated carbocycles. The van der Waals surface area contributed by atoms with E-state index in [1.807, 2.05) is 36.4 Å². The molecule has 0 aromatic heterocycles. The zero-order chi connectivity index (χ0) is 32.0. The summed E-state index contributed by atoms with van der Waals surface area (Å²) in [5.74, 6) is -3.16. The Morgan fingerprint density at radius 3 is 1.22 bits per heavy atom. The van der Waals surface area contributed by atoms with E-state index in [4.69, 9.17) is 14.2 Å². The summed E-state index contributed by atoms with van der Waals surface area (Å²) in [6.07, 6.45) is 0. The van der Waals surface area contributed by atoms with Gasteiger partial charge in [-0.2, -0.15) is 0 Å². The number of esters is 4. The van der Waals surface area contributed by atoms with Crippen molar-refractivity contribution in [3.05, 3.63) is 155 Å². The minimum Gasteiger partial charge on any atom is -0.423 e. The average Bonchev–Trinajstić information content (AvgIpc) is 3.07. The minimum absolute atomic E-state index is 0.0487. The number of carbonyl (C=O) groups is 4. The number of fused-ring (bicyclic) bond motifs is 4. The molecule has 4 bridgehead atoms. The summed E-state index contributed by atoms with van der Waals surface area (Å²) in [6, 6.07) is 34.5. The van der Waals surface area contributed by atoms with Crippen LogP contribution < -0.4 is 9.47 Å². The fraction of sp³-hybridized carbons (Fsp3) is 0.0769. The Morgan fingerprint density at radius 2 is 0.804 bits per heavy atom. The lowest BCUT2D eigenvalue weighted by molar-refractivity contribution is 0.0389. The quantitative estimate of drug-likeness (QED) is 0.0980. The first-order valence-corrected chi connectivity index (χ1v) is 14.7. The van der Waals surface area contributed by atoms with Gasteiger partial charge in [0.1, 0.15) is 11.5 Å². The molecule has 6 aromatic carbocycles. The molecule has 224 valence electrons. The number of hydrogen-bond donors (Lipinski definition) is 0. The van der Waals surface area contributed by atoms with E-state index in [1.165, 1.54) is 12.1 Å². The summed E-state index contributed by atoms with van der Waals surface area (Å²) >= 11 is 0. The van der Waals surface area contributed by atoms with Crippen LogP contribution in [-0.2, 0) is 10.2 Å². The van der Waals surface area contributed by atoms with E-state index >= 15 is 0 Å². The fourth-order valence-corrected chi connectivity index (χ4v) is 5.88. The van der Waals surface area contributed by atoms with Gasteiger partial charge in [0.15, 0.2) is 0 Å². The van der Waals surface area contributed by atoms with Crippen LogP contribution in [0.3, 0.4) is 0 Å². The Kier molecular flexibility index (Phi) is 6.94. The van der Waals surface area contributed by atoms with Crippen molar-refractivity contribution in [2.75, 3.05) is 0 Å². The lowest BCUT2D eigenvalue weighted by atomic mass is 9.78. The van der Waals surface area contributed by atoms with E-state index in [-0.39, 0.29) is 33.8 Å². The summed E-state index contributed by atoms with van der Waals surface area (Å²) in [5.41, 5.74) is 1.05. The summed E-state index contributed by atoms with van der Waals surface area (Å²) in [7, 11) is 0. The van der Waals surface area contributed by atoms with Crippen LogP contribution >= 0.6 is 0 Å². The lowest BCUT2D eigenvalue weighted by Gasteiger charge is -2.26. The van der Waals surface area contributed by atoms with Gasteiger partial charge in [-0.3, -0.25) is 0 Å². The van der Waals surface area contributed by atoms with Crippen LogP contribution in [0.2, 0.25) is 0 Å². The lowest BCUT2D eigenvalue weighted by Crippen LogP contribution is -2.22. The van der Waals surface area contributed by atoms with Crippen LogP contribution in [0, 0.1) is 0 Å². The molecular weight excluding hydrogens is 580 g/mol. The minimum atomic E-state index is -1.07. The summed E-state index contributed by atoms with van der Waals surface area (Å²) in [6.45, 7) is 4.12. The third-order valence-corrected chi connectivity index (χ3v) is 8.46. The third-order valence-electron chi connectivity index (χ3n) is 8.46. The zero-order valence-corrected chi connectivity index (χ0v) is 24.9. The van der Waals surface area contributed by atoms with Gasteiger partial charge in [-0.05, 0) is 69.1 Å². The number of hydrogen-bond acceptors (Lipinski definition) is 7. The third kappa shape index (κ3) is 4.98. The Bertz CT molecular complexity index is 2050. The highest BCUT2D eigenvalue weighted by Crippen LogP contribution is 2.35. The topological polar surface area (TPSA) is 96.0 Å². The van der Waals surface area contributed by atoms with Crippen molar-refractivity contribution in [3.63, 3.8) is 0 Å². The normalized spacial score (nSPS) is 14.7. The molecule has 0 radical (unpaired) electrons. The number of carbonyl (C=O) groups excluding carboxylic acids is 4. The maximum Gasteiger partial charge on any atom is 0.346 e. The van der Waals surface area contributed by atoms with Crippen LogP contribution in [0.25, 0.3) is 21.5 Å². The maximum atomic E-state index is 13.7. The van der Waals surface area contributed by atoms with Crippen LogP contribution in [0.5, 0.6) is 11.5 Å². The van der Waals surface area contributed by atoms with Gasteiger partial charge in [-0.25, -0.2) is 19.2 Å². The Labute approximate surface area is 264 Å². The molecule has 0 saturated heterocycles. The van der Waals surface area contributed by atoms with Crippen molar-refractivity contribution in [2.24, 2.45) is 0 Å². The molecule has 3 heterocycles. The molecule has 3 aliphatic rings. The van der Waals surface area contributed by atoms with Crippen molar-refractivity contribution in [1.29, 1.82) is 0 Å². The fourth-order valence-electron chi connectivity index (χ4n) is 5.88. The van der Waals surface area contributed by atoms with E-state index in [2.05, 4.69) is 13.8 Å². The van der Waals surface area contributed by atoms with E-state index < -0.39 is 29.3 Å². The maximum absolute atomic E-state index is 13.7. The molecule has 0 fully saturated rings. The Balaban J connectivity index is 1.41. The molecule has 0 amide bonds. The van der Waals surface area contributed by atoms with Crippen molar-refractivity contribution in [3.8, 4) is 11.5 Å². The largest absolute Gasteiger partial charge is 0.423 e. The molecule has 0 unspecified atom stereocenters. The van der Waals surface area contributed by atoms with Gasteiger partial charge < -0.3 is 14.2 Å². The van der Waals surface area contributed by atoms with Gasteiger partial charge in [0.25, 0.3) is 0 Å². The van der Waals surface area contributed by atoms with Gasteiger partial charge in [-0.15, -0.1) is 0 Å². The molecule has 9 rings (SSSR count). The second-order valence-electron chi connectivity index (χ2n) is 11.5. The Morgan fingerprint density at radius 1 is 0.413 bits per heavy atom. The predicted molar refractivity (Wildman–Crippen MR) is 173 cm³/mol. The predicted octanol–water partition coefficient (Wildman–Crippen LogP) is 8.07. The first-order chi connectivity index (χ1) is 22.2. The van der Waals surface area contributed by atoms with Crippen molar-refractivity contribution >= 4 is 45.4 Å². The molecule has 46 heavy (non-hydrogen) atoms. The smallest absolute Gasteiger partial charge is 0.346 e. The van der Waals surface area contributed by atoms with Gasteiger partial charge in [0, 0.05) is 5.41 Å². The zero-order valence-electron chi connectivity index (χ0n) is 24.9. The summed E-state index contributed by atoms with van der Waals surface area (Å²) < 4.78 is 16.9. The van der Waals surface area contributed by atoms with Crippen molar-refractivity contribution in [2.45, 2.75) is 19.3 Å². The number of rotatable bonds is 0. The highest BCUT2D eigenvalue weighted by Gasteiger charge is 2.29. The molecular formula is C39H26O7. The van der Waals surface area contributed by atoms with Gasteiger partial charge in [0.05, 0.1) is 22.3 Å². The Hall–Kier alpha value is -6.08. The van der Waals surface area contributed by atoms with Crippen LogP contribution in [-0.4, -0.2) is 23.9 Å². The molecule has 0 atom stereocenters. The number of benzene rings is 6. The van der Waals surface area contributed by atoms with Crippen LogP contribution in [0.15, 0.2) is 121 Å². The molecule has 7 heteroatoms. The van der Waals surface area contributed by atoms with Gasteiger partial charge in [-0.1, -0.05) is 98.8 Å². The molecule has 0 aliphatic carbocycles. The van der Waals surface area contributed by atoms with E-state index in [0.29, 0.717) is 21.5 Å². The highest BCUT2D eigenvalue weighted by molar-refractivity contribution is 6.18. The number of ether oxygens (including phenoxy) is 3.